The van der Waals surface area contributed by atoms with E-state index in [1.54, 1.807) is 0 Å². The first-order chi connectivity index (χ1) is 7.29. The predicted molar refractivity (Wildman–Crippen MR) is 64.2 cm³/mol. The molecule has 0 bridgehead atoms. The Labute approximate surface area is 93.8 Å². The Morgan fingerprint density at radius 3 is 2.80 bits per heavy atom. The highest BCUT2D eigenvalue weighted by atomic mass is 15.3. The van der Waals surface area contributed by atoms with Crippen molar-refractivity contribution in [3.63, 3.8) is 0 Å². The molecule has 0 aromatic carbocycles. The number of hydrogen-bond acceptors (Lipinski definition) is 3. The Morgan fingerprint density at radius 2 is 2.20 bits per heavy atom. The smallest absolute Gasteiger partial charge is 0.0195 e. The van der Waals surface area contributed by atoms with Gasteiger partial charge in [0.1, 0.15) is 0 Å². The zero-order chi connectivity index (χ0) is 10.7. The molecule has 0 aliphatic carbocycles. The lowest BCUT2D eigenvalue weighted by Gasteiger charge is -2.40. The Hall–Kier alpha value is -0.120. The summed E-state index contributed by atoms with van der Waals surface area (Å²) >= 11 is 0. The van der Waals surface area contributed by atoms with Crippen LogP contribution in [-0.4, -0.2) is 61.2 Å². The van der Waals surface area contributed by atoms with Crippen LogP contribution in [0.25, 0.3) is 0 Å². The van der Waals surface area contributed by atoms with E-state index in [-0.39, 0.29) is 0 Å². The first-order valence-electron chi connectivity index (χ1n) is 6.49. The van der Waals surface area contributed by atoms with E-state index in [9.17, 15) is 0 Å². The molecule has 3 heteroatoms. The third kappa shape index (κ3) is 2.92. The van der Waals surface area contributed by atoms with Crippen LogP contribution in [0.3, 0.4) is 0 Å². The van der Waals surface area contributed by atoms with Crippen molar-refractivity contribution in [2.24, 2.45) is 0 Å². The highest BCUT2D eigenvalue weighted by Gasteiger charge is 2.25. The number of piperazine rings is 1. The van der Waals surface area contributed by atoms with Crippen molar-refractivity contribution in [2.75, 3.05) is 39.3 Å². The van der Waals surface area contributed by atoms with Gasteiger partial charge in [-0.2, -0.15) is 0 Å². The summed E-state index contributed by atoms with van der Waals surface area (Å²) in [5.74, 6) is 0. The zero-order valence-electron chi connectivity index (χ0n) is 10.2. The summed E-state index contributed by atoms with van der Waals surface area (Å²) in [6, 6.07) is 1.51. The molecule has 2 aliphatic rings. The quantitative estimate of drug-likeness (QED) is 0.744. The maximum atomic E-state index is 3.59. The second-order valence-electron chi connectivity index (χ2n) is 5.03. The Balaban J connectivity index is 1.75. The minimum Gasteiger partial charge on any atom is -0.313 e. The zero-order valence-corrected chi connectivity index (χ0v) is 10.2. The van der Waals surface area contributed by atoms with Gasteiger partial charge in [-0.15, -0.1) is 0 Å². The molecule has 0 saturated carbocycles. The van der Waals surface area contributed by atoms with E-state index in [0.29, 0.717) is 0 Å². The summed E-state index contributed by atoms with van der Waals surface area (Å²) < 4.78 is 0. The molecule has 2 fully saturated rings. The van der Waals surface area contributed by atoms with Gasteiger partial charge in [0.05, 0.1) is 0 Å². The first kappa shape index (κ1) is 11.4. The largest absolute Gasteiger partial charge is 0.313 e. The van der Waals surface area contributed by atoms with Gasteiger partial charge in [0.25, 0.3) is 0 Å². The van der Waals surface area contributed by atoms with Gasteiger partial charge in [0.15, 0.2) is 0 Å². The van der Waals surface area contributed by atoms with E-state index < -0.39 is 0 Å². The van der Waals surface area contributed by atoms with Crippen LogP contribution >= 0.6 is 0 Å². The van der Waals surface area contributed by atoms with E-state index in [2.05, 4.69) is 29.0 Å². The molecule has 88 valence electrons. The summed E-state index contributed by atoms with van der Waals surface area (Å²) in [4.78, 5) is 5.22. The number of nitrogens with one attached hydrogen (secondary N) is 1. The van der Waals surface area contributed by atoms with Gasteiger partial charge in [-0.25, -0.2) is 0 Å². The van der Waals surface area contributed by atoms with Crippen LogP contribution < -0.4 is 5.32 Å². The number of nitrogens with zero attached hydrogens (tertiary/aromatic N) is 2. The van der Waals surface area contributed by atoms with Gasteiger partial charge >= 0.3 is 0 Å². The maximum absolute atomic E-state index is 3.59. The van der Waals surface area contributed by atoms with Crippen molar-refractivity contribution >= 4 is 0 Å². The predicted octanol–water partition coefficient (Wildman–Crippen LogP) is 0.764. The Bertz CT molecular complexity index is 189. The van der Waals surface area contributed by atoms with Gasteiger partial charge in [-0.05, 0) is 32.9 Å². The summed E-state index contributed by atoms with van der Waals surface area (Å²) in [6.45, 7) is 12.1. The van der Waals surface area contributed by atoms with Crippen LogP contribution in [-0.2, 0) is 0 Å². The molecule has 0 aromatic heterocycles. The molecule has 2 unspecified atom stereocenters. The summed E-state index contributed by atoms with van der Waals surface area (Å²) in [5, 5.41) is 3.59. The van der Waals surface area contributed by atoms with Gasteiger partial charge in [0.2, 0.25) is 0 Å². The third-order valence-electron chi connectivity index (χ3n) is 3.90. The summed E-state index contributed by atoms with van der Waals surface area (Å²) in [5.41, 5.74) is 0. The van der Waals surface area contributed by atoms with Crippen molar-refractivity contribution in [1.29, 1.82) is 0 Å². The molecule has 2 atom stereocenters. The van der Waals surface area contributed by atoms with Crippen LogP contribution in [0.2, 0.25) is 0 Å². The fourth-order valence-electron chi connectivity index (χ4n) is 2.93. The lowest BCUT2D eigenvalue weighted by atomic mass is 10.1. The molecule has 0 spiro atoms. The van der Waals surface area contributed by atoms with E-state index in [4.69, 9.17) is 0 Å². The van der Waals surface area contributed by atoms with Crippen LogP contribution in [0.15, 0.2) is 0 Å². The molecule has 2 aliphatic heterocycles. The lowest BCUT2D eigenvalue weighted by molar-refractivity contribution is 0.0827. The molecule has 1 N–H and O–H groups in total. The lowest BCUT2D eigenvalue weighted by Crippen LogP contribution is -2.53. The molecule has 0 amide bonds. The average Bonchev–Trinajstić information content (AvgIpc) is 2.71. The normalized spacial score (nSPS) is 34.8. The van der Waals surface area contributed by atoms with Crippen LogP contribution in [0.1, 0.15) is 26.7 Å². The van der Waals surface area contributed by atoms with Crippen LogP contribution in [0.4, 0.5) is 0 Å². The topological polar surface area (TPSA) is 18.5 Å². The van der Waals surface area contributed by atoms with E-state index >= 15 is 0 Å². The fourth-order valence-corrected chi connectivity index (χ4v) is 2.93. The molecule has 2 heterocycles. The molecule has 0 radical (unpaired) electrons. The molecule has 3 nitrogen and oxygen atoms in total. The first-order valence-corrected chi connectivity index (χ1v) is 6.49. The van der Waals surface area contributed by atoms with Gasteiger partial charge in [-0.1, -0.05) is 6.92 Å². The minimum absolute atomic E-state index is 0.741. The fraction of sp³-hybridized carbons (Fsp3) is 1.00. The highest BCUT2D eigenvalue weighted by molar-refractivity contribution is 4.83. The van der Waals surface area contributed by atoms with Crippen molar-refractivity contribution in [2.45, 2.75) is 38.8 Å². The van der Waals surface area contributed by atoms with E-state index in [1.807, 2.05) is 0 Å². The monoisotopic (exact) mass is 211 g/mol. The molecular weight excluding hydrogens is 186 g/mol. The summed E-state index contributed by atoms with van der Waals surface area (Å²) in [6.07, 6.45) is 2.75. The van der Waals surface area contributed by atoms with Gasteiger partial charge < -0.3 is 5.32 Å². The highest BCUT2D eigenvalue weighted by Crippen LogP contribution is 2.12. The van der Waals surface area contributed by atoms with Crippen molar-refractivity contribution in [1.82, 2.24) is 15.1 Å². The third-order valence-corrected chi connectivity index (χ3v) is 3.90. The number of rotatable bonds is 3. The second kappa shape index (κ2) is 5.28. The molecular formula is C12H25N3. The van der Waals surface area contributed by atoms with Gasteiger partial charge in [-0.3, -0.25) is 9.80 Å². The van der Waals surface area contributed by atoms with Crippen molar-refractivity contribution in [3.8, 4) is 0 Å². The molecule has 15 heavy (non-hydrogen) atoms. The minimum atomic E-state index is 0.741. The Kier molecular flexibility index (Phi) is 4.00. The SMILES string of the molecule is CCN1CCN(CC2CCCN2)CC1C. The number of hydrogen-bond donors (Lipinski definition) is 1. The van der Waals surface area contributed by atoms with Gasteiger partial charge in [0, 0.05) is 38.3 Å². The van der Waals surface area contributed by atoms with E-state index in [1.165, 1.54) is 52.1 Å². The second-order valence-corrected chi connectivity index (χ2v) is 5.03. The van der Waals surface area contributed by atoms with E-state index in [0.717, 1.165) is 12.1 Å². The molecule has 0 aromatic rings. The Morgan fingerprint density at radius 1 is 1.33 bits per heavy atom. The van der Waals surface area contributed by atoms with Crippen LogP contribution in [0, 0.1) is 0 Å². The van der Waals surface area contributed by atoms with Crippen molar-refractivity contribution < 1.29 is 0 Å². The number of likely N-dealkylation sites (N-methyl/N-ethyl adjacent to an activating group) is 1. The molecule has 2 rings (SSSR count). The summed E-state index contributed by atoms with van der Waals surface area (Å²) in [7, 11) is 0. The average molecular weight is 211 g/mol. The standard InChI is InChI=1S/C12H25N3/c1-3-15-8-7-14(9-11(15)2)10-12-5-4-6-13-12/h11-13H,3-10H2,1-2H3. The van der Waals surface area contributed by atoms with Crippen LogP contribution in [0.5, 0.6) is 0 Å². The van der Waals surface area contributed by atoms with Crippen molar-refractivity contribution in [3.05, 3.63) is 0 Å². The molecule has 2 saturated heterocycles. The maximum Gasteiger partial charge on any atom is 0.0195 e.